The molecule has 18 heavy (non-hydrogen) atoms. The summed E-state index contributed by atoms with van der Waals surface area (Å²) in [7, 11) is 1.68. The van der Waals surface area contributed by atoms with E-state index in [9.17, 15) is 5.11 Å². The fourth-order valence-corrected chi connectivity index (χ4v) is 2.00. The van der Waals surface area contributed by atoms with Gasteiger partial charge in [-0.1, -0.05) is 6.07 Å². The number of aliphatic hydroxyl groups excluding tert-OH is 2. The number of thioether (sulfide) groups is 1. The summed E-state index contributed by atoms with van der Waals surface area (Å²) >= 11 is 1.43. The average Bonchev–Trinajstić information content (AvgIpc) is 2.42. The molecule has 1 atom stereocenters. The van der Waals surface area contributed by atoms with E-state index in [2.05, 4.69) is 10.3 Å². The lowest BCUT2D eigenvalue weighted by Gasteiger charge is -2.07. The Labute approximate surface area is 112 Å². The van der Waals surface area contributed by atoms with Gasteiger partial charge in [-0.15, -0.1) is 11.8 Å². The number of methoxy groups -OCH3 is 1. The van der Waals surface area contributed by atoms with Crippen LogP contribution in [0.15, 0.2) is 23.4 Å². The van der Waals surface area contributed by atoms with Gasteiger partial charge in [0.1, 0.15) is 0 Å². The molecule has 3 N–H and O–H groups in total. The minimum Gasteiger partial charge on any atom is -0.394 e. The summed E-state index contributed by atoms with van der Waals surface area (Å²) in [5.41, 5.74) is 1.11. The summed E-state index contributed by atoms with van der Waals surface area (Å²) in [6.07, 6.45) is 1.13. The third-order valence-corrected chi connectivity index (χ3v) is 3.33. The van der Waals surface area contributed by atoms with Crippen molar-refractivity contribution in [3.05, 3.63) is 23.9 Å². The van der Waals surface area contributed by atoms with Crippen molar-refractivity contribution in [1.29, 1.82) is 0 Å². The predicted octanol–water partition coefficient (Wildman–Crippen LogP) is 0.263. The third kappa shape index (κ3) is 6.32. The van der Waals surface area contributed by atoms with Crippen LogP contribution in [0, 0.1) is 0 Å². The minimum atomic E-state index is -0.688. The largest absolute Gasteiger partial charge is 0.394 e. The van der Waals surface area contributed by atoms with E-state index in [1.807, 2.05) is 18.3 Å². The van der Waals surface area contributed by atoms with Gasteiger partial charge in [0.05, 0.1) is 24.3 Å². The van der Waals surface area contributed by atoms with Gasteiger partial charge < -0.3 is 20.3 Å². The smallest absolute Gasteiger partial charge is 0.0960 e. The fourth-order valence-electron chi connectivity index (χ4n) is 1.24. The molecule has 1 aromatic heterocycles. The van der Waals surface area contributed by atoms with Gasteiger partial charge in [-0.05, 0) is 11.6 Å². The van der Waals surface area contributed by atoms with Gasteiger partial charge in [0.2, 0.25) is 0 Å². The number of nitrogens with zero attached hydrogens (tertiary/aromatic N) is 1. The summed E-state index contributed by atoms with van der Waals surface area (Å²) in [5, 5.41) is 22.0. The minimum absolute atomic E-state index is 0.214. The monoisotopic (exact) mass is 272 g/mol. The van der Waals surface area contributed by atoms with E-state index in [0.717, 1.165) is 23.7 Å². The number of ether oxygens (including phenoxy) is 1. The Morgan fingerprint density at radius 2 is 2.33 bits per heavy atom. The van der Waals surface area contributed by atoms with Crippen molar-refractivity contribution in [2.24, 2.45) is 0 Å². The highest BCUT2D eigenvalue weighted by Crippen LogP contribution is 2.16. The molecule has 0 aliphatic rings. The van der Waals surface area contributed by atoms with Crippen LogP contribution in [-0.2, 0) is 11.3 Å². The maximum absolute atomic E-state index is 9.22. The van der Waals surface area contributed by atoms with Gasteiger partial charge in [0.15, 0.2) is 0 Å². The molecule has 0 aromatic carbocycles. The molecule has 5 nitrogen and oxygen atoms in total. The molecule has 0 spiro atoms. The summed E-state index contributed by atoms with van der Waals surface area (Å²) in [6.45, 7) is 2.06. The molecule has 0 radical (unpaired) electrons. The molecular weight excluding hydrogens is 252 g/mol. The van der Waals surface area contributed by atoms with Crippen LogP contribution < -0.4 is 5.32 Å². The van der Waals surface area contributed by atoms with Crippen molar-refractivity contribution >= 4 is 11.8 Å². The van der Waals surface area contributed by atoms with E-state index in [4.69, 9.17) is 9.84 Å². The zero-order valence-electron chi connectivity index (χ0n) is 10.5. The van der Waals surface area contributed by atoms with E-state index in [1.165, 1.54) is 11.8 Å². The molecule has 0 amide bonds. The predicted molar refractivity (Wildman–Crippen MR) is 71.6 cm³/mol. The Hall–Kier alpha value is -0.660. The molecule has 0 aliphatic heterocycles. The number of rotatable bonds is 9. The van der Waals surface area contributed by atoms with Crippen molar-refractivity contribution in [1.82, 2.24) is 10.3 Å². The van der Waals surface area contributed by atoms with Crippen molar-refractivity contribution in [3.63, 3.8) is 0 Å². The van der Waals surface area contributed by atoms with E-state index in [-0.39, 0.29) is 6.61 Å². The highest BCUT2D eigenvalue weighted by atomic mass is 32.2. The standard InChI is InChI=1S/C12H20N2O3S/c1-17-5-4-13-6-10-2-3-12(14-7-10)18-9-11(16)8-15/h2-3,7,11,13,15-16H,4-6,8-9H2,1H3. The maximum atomic E-state index is 9.22. The SMILES string of the molecule is COCCNCc1ccc(SCC(O)CO)nc1. The second-order valence-electron chi connectivity index (χ2n) is 3.82. The lowest BCUT2D eigenvalue weighted by molar-refractivity contribution is 0.113. The number of nitrogens with one attached hydrogen (secondary N) is 1. The second-order valence-corrected chi connectivity index (χ2v) is 4.86. The van der Waals surface area contributed by atoms with Crippen LogP contribution in [-0.4, -0.2) is 53.9 Å². The van der Waals surface area contributed by atoms with Crippen LogP contribution in [0.25, 0.3) is 0 Å². The summed E-state index contributed by atoms with van der Waals surface area (Å²) in [4.78, 5) is 4.28. The van der Waals surface area contributed by atoms with Gasteiger partial charge in [-0.25, -0.2) is 4.98 Å². The van der Waals surface area contributed by atoms with Crippen molar-refractivity contribution < 1.29 is 14.9 Å². The van der Waals surface area contributed by atoms with E-state index >= 15 is 0 Å². The van der Waals surface area contributed by atoms with Gasteiger partial charge in [0, 0.05) is 32.1 Å². The molecule has 1 heterocycles. The molecule has 1 aromatic rings. The van der Waals surface area contributed by atoms with Crippen LogP contribution in [0.4, 0.5) is 0 Å². The molecule has 6 heteroatoms. The number of aromatic nitrogens is 1. The van der Waals surface area contributed by atoms with E-state index in [1.54, 1.807) is 7.11 Å². The molecule has 1 rings (SSSR count). The number of aliphatic hydroxyl groups is 2. The lowest BCUT2D eigenvalue weighted by Crippen LogP contribution is -2.18. The van der Waals surface area contributed by atoms with Gasteiger partial charge >= 0.3 is 0 Å². The quantitative estimate of drug-likeness (QED) is 0.442. The normalized spacial score (nSPS) is 12.6. The van der Waals surface area contributed by atoms with E-state index < -0.39 is 6.10 Å². The molecule has 1 unspecified atom stereocenters. The molecular formula is C12H20N2O3S. The van der Waals surface area contributed by atoms with Gasteiger partial charge in [-0.2, -0.15) is 0 Å². The lowest BCUT2D eigenvalue weighted by atomic mass is 10.3. The Morgan fingerprint density at radius 3 is 2.94 bits per heavy atom. The first kappa shape index (κ1) is 15.4. The van der Waals surface area contributed by atoms with Crippen LogP contribution in [0.3, 0.4) is 0 Å². The van der Waals surface area contributed by atoms with Gasteiger partial charge in [-0.3, -0.25) is 0 Å². The number of hydrogen-bond acceptors (Lipinski definition) is 6. The Morgan fingerprint density at radius 1 is 1.50 bits per heavy atom. The van der Waals surface area contributed by atoms with Crippen molar-refractivity contribution in [2.45, 2.75) is 17.7 Å². The summed E-state index contributed by atoms with van der Waals surface area (Å²) in [5.74, 6) is 0.453. The van der Waals surface area contributed by atoms with Crippen LogP contribution in [0.2, 0.25) is 0 Å². The first-order valence-corrected chi connectivity index (χ1v) is 6.81. The fraction of sp³-hybridized carbons (Fsp3) is 0.583. The second kappa shape index (κ2) is 9.29. The number of hydrogen-bond donors (Lipinski definition) is 3. The van der Waals surface area contributed by atoms with Crippen LogP contribution >= 0.6 is 11.8 Å². The molecule has 102 valence electrons. The Balaban J connectivity index is 2.28. The van der Waals surface area contributed by atoms with Crippen LogP contribution in [0.5, 0.6) is 0 Å². The number of pyridine rings is 1. The van der Waals surface area contributed by atoms with Gasteiger partial charge in [0.25, 0.3) is 0 Å². The van der Waals surface area contributed by atoms with Crippen LogP contribution in [0.1, 0.15) is 5.56 Å². The topological polar surface area (TPSA) is 74.6 Å². The zero-order chi connectivity index (χ0) is 13.2. The third-order valence-electron chi connectivity index (χ3n) is 2.24. The summed E-state index contributed by atoms with van der Waals surface area (Å²) in [6, 6.07) is 3.92. The first-order chi connectivity index (χ1) is 8.76. The summed E-state index contributed by atoms with van der Waals surface area (Å²) < 4.78 is 4.94. The molecule has 0 saturated carbocycles. The van der Waals surface area contributed by atoms with Crippen molar-refractivity contribution in [2.75, 3.05) is 32.6 Å². The highest BCUT2D eigenvalue weighted by molar-refractivity contribution is 7.99. The zero-order valence-corrected chi connectivity index (χ0v) is 11.3. The maximum Gasteiger partial charge on any atom is 0.0960 e. The van der Waals surface area contributed by atoms with E-state index in [0.29, 0.717) is 12.4 Å². The Kier molecular flexibility index (Phi) is 7.95. The molecule has 0 bridgehead atoms. The molecule has 0 fully saturated rings. The Bertz CT molecular complexity index is 322. The molecule has 0 aliphatic carbocycles. The molecule has 0 saturated heterocycles. The van der Waals surface area contributed by atoms with Crippen molar-refractivity contribution in [3.8, 4) is 0 Å². The highest BCUT2D eigenvalue weighted by Gasteiger charge is 2.03. The average molecular weight is 272 g/mol. The first-order valence-electron chi connectivity index (χ1n) is 5.82.